The maximum atomic E-state index is 13.2. The van der Waals surface area contributed by atoms with E-state index in [0.717, 1.165) is 41.1 Å². The summed E-state index contributed by atoms with van der Waals surface area (Å²) in [7, 11) is 1.82. The fourth-order valence-electron chi connectivity index (χ4n) is 3.43. The third-order valence-electron chi connectivity index (χ3n) is 4.74. The fourth-order valence-corrected chi connectivity index (χ4v) is 4.33. The third kappa shape index (κ3) is 3.11. The number of hydrogen-bond acceptors (Lipinski definition) is 5. The maximum Gasteiger partial charge on any atom is 0.153 e. The molecule has 0 saturated carbocycles. The number of fused-ring (bicyclic) bond motifs is 2. The van der Waals surface area contributed by atoms with Crippen LogP contribution in [0.4, 0.5) is 4.39 Å². The molecule has 3 heterocycles. The van der Waals surface area contributed by atoms with Crippen LogP contribution >= 0.6 is 11.9 Å². The topological polar surface area (TPSA) is 51.8 Å². The van der Waals surface area contributed by atoms with Crippen molar-refractivity contribution in [2.75, 3.05) is 6.54 Å². The second kappa shape index (κ2) is 6.47. The van der Waals surface area contributed by atoms with Crippen molar-refractivity contribution >= 4 is 22.9 Å². The van der Waals surface area contributed by atoms with Gasteiger partial charge in [0.05, 0.1) is 23.6 Å². The van der Waals surface area contributed by atoms with Gasteiger partial charge < -0.3 is 0 Å². The number of hydrogen-bond donors (Lipinski definition) is 0. The van der Waals surface area contributed by atoms with E-state index in [-0.39, 0.29) is 5.82 Å². The molecule has 5 rings (SSSR count). The van der Waals surface area contributed by atoms with Gasteiger partial charge in [-0.25, -0.2) is 13.4 Å². The minimum atomic E-state index is -0.242. The van der Waals surface area contributed by atoms with Gasteiger partial charge in [0, 0.05) is 25.5 Å². The molecule has 0 spiro atoms. The van der Waals surface area contributed by atoms with Gasteiger partial charge in [-0.1, -0.05) is 0 Å². The Morgan fingerprint density at radius 2 is 1.89 bits per heavy atom. The van der Waals surface area contributed by atoms with Gasteiger partial charge in [-0.2, -0.15) is 15.0 Å². The Labute approximate surface area is 159 Å². The van der Waals surface area contributed by atoms with Gasteiger partial charge in [0.2, 0.25) is 0 Å². The lowest BCUT2D eigenvalue weighted by atomic mass is 9.99. The van der Waals surface area contributed by atoms with Crippen LogP contribution in [0.3, 0.4) is 0 Å². The van der Waals surface area contributed by atoms with E-state index in [2.05, 4.69) is 31.7 Å². The summed E-state index contributed by atoms with van der Waals surface area (Å²) in [4.78, 5) is 1.58. The van der Waals surface area contributed by atoms with E-state index in [1.54, 1.807) is 35.1 Å². The van der Waals surface area contributed by atoms with E-state index in [1.165, 1.54) is 23.3 Å². The number of rotatable bonds is 3. The van der Waals surface area contributed by atoms with Crippen molar-refractivity contribution in [3.8, 4) is 5.69 Å². The largest absolute Gasteiger partial charge is 0.240 e. The van der Waals surface area contributed by atoms with Gasteiger partial charge in [0.25, 0.3) is 0 Å². The number of aryl methyl sites for hydroxylation is 1. The summed E-state index contributed by atoms with van der Waals surface area (Å²) in [5.74, 6) is -0.242. The molecule has 27 heavy (non-hydrogen) atoms. The van der Waals surface area contributed by atoms with Crippen LogP contribution in [0.1, 0.15) is 11.1 Å². The molecule has 1 aliphatic rings. The van der Waals surface area contributed by atoms with Gasteiger partial charge in [0.15, 0.2) is 5.03 Å². The van der Waals surface area contributed by atoms with Gasteiger partial charge in [-0.15, -0.1) is 5.10 Å². The van der Waals surface area contributed by atoms with Crippen LogP contribution in [-0.2, 0) is 20.0 Å². The predicted octanol–water partition coefficient (Wildman–Crippen LogP) is 3.36. The number of halogens is 1. The summed E-state index contributed by atoms with van der Waals surface area (Å²) in [5, 5.41) is 15.0. The Morgan fingerprint density at radius 1 is 1.04 bits per heavy atom. The third-order valence-corrected chi connectivity index (χ3v) is 5.68. The first-order chi connectivity index (χ1) is 13.2. The SMILES string of the molecule is Cn1ncc(SN2CCc3cc4c(cnn4-c4ccc(F)cc4)cc3C2)n1. The zero-order valence-corrected chi connectivity index (χ0v) is 15.5. The van der Waals surface area contributed by atoms with Crippen molar-refractivity contribution in [1.82, 2.24) is 29.1 Å². The molecular weight excluding hydrogens is 363 g/mol. The lowest BCUT2D eigenvalue weighted by Gasteiger charge is -2.27. The first kappa shape index (κ1) is 16.5. The molecule has 0 amide bonds. The van der Waals surface area contributed by atoms with Crippen LogP contribution in [-0.4, -0.2) is 35.6 Å². The first-order valence-electron chi connectivity index (χ1n) is 8.70. The molecule has 0 N–H and O–H groups in total. The van der Waals surface area contributed by atoms with Crippen molar-refractivity contribution in [2.45, 2.75) is 18.0 Å². The molecule has 0 atom stereocenters. The molecule has 4 aromatic rings. The minimum Gasteiger partial charge on any atom is -0.240 e. The zero-order valence-electron chi connectivity index (χ0n) is 14.7. The lowest BCUT2D eigenvalue weighted by molar-refractivity contribution is 0.443. The highest BCUT2D eigenvalue weighted by atomic mass is 32.2. The second-order valence-electron chi connectivity index (χ2n) is 6.59. The molecule has 0 saturated heterocycles. The highest BCUT2D eigenvalue weighted by Crippen LogP contribution is 2.31. The molecule has 8 heteroatoms. The smallest absolute Gasteiger partial charge is 0.153 e. The Kier molecular flexibility index (Phi) is 3.95. The van der Waals surface area contributed by atoms with E-state index in [0.29, 0.717) is 0 Å². The van der Waals surface area contributed by atoms with Crippen LogP contribution in [0.5, 0.6) is 0 Å². The summed E-state index contributed by atoms with van der Waals surface area (Å²) >= 11 is 1.64. The fraction of sp³-hybridized carbons (Fsp3) is 0.211. The Hall–Kier alpha value is -2.71. The number of aromatic nitrogens is 5. The Bertz CT molecular complexity index is 1120. The van der Waals surface area contributed by atoms with Crippen LogP contribution in [0.25, 0.3) is 16.6 Å². The normalized spacial score (nSPS) is 14.6. The predicted molar refractivity (Wildman–Crippen MR) is 102 cm³/mol. The average Bonchev–Trinajstić information content (AvgIpc) is 3.26. The van der Waals surface area contributed by atoms with Crippen molar-refractivity contribution in [3.63, 3.8) is 0 Å². The molecule has 1 aliphatic heterocycles. The van der Waals surface area contributed by atoms with Crippen LogP contribution < -0.4 is 0 Å². The monoisotopic (exact) mass is 380 g/mol. The molecule has 136 valence electrons. The van der Waals surface area contributed by atoms with E-state index in [1.807, 2.05) is 17.9 Å². The summed E-state index contributed by atoms with van der Waals surface area (Å²) in [5.41, 5.74) is 4.56. The molecule has 0 radical (unpaired) electrons. The van der Waals surface area contributed by atoms with Crippen LogP contribution in [0.2, 0.25) is 0 Å². The summed E-state index contributed by atoms with van der Waals surface area (Å²) in [6.45, 7) is 1.80. The van der Waals surface area contributed by atoms with Crippen molar-refractivity contribution in [2.24, 2.45) is 7.05 Å². The molecule has 2 aromatic heterocycles. The van der Waals surface area contributed by atoms with E-state index >= 15 is 0 Å². The van der Waals surface area contributed by atoms with Gasteiger partial charge in [0.1, 0.15) is 5.82 Å². The van der Waals surface area contributed by atoms with Crippen molar-refractivity contribution < 1.29 is 4.39 Å². The van der Waals surface area contributed by atoms with Gasteiger partial charge >= 0.3 is 0 Å². The molecule has 0 unspecified atom stereocenters. The molecule has 0 aliphatic carbocycles. The quantitative estimate of drug-likeness (QED) is 0.510. The molecule has 0 fully saturated rings. The van der Waals surface area contributed by atoms with Crippen molar-refractivity contribution in [3.05, 3.63) is 65.7 Å². The first-order valence-corrected chi connectivity index (χ1v) is 9.48. The maximum absolute atomic E-state index is 13.2. The minimum absolute atomic E-state index is 0.242. The van der Waals surface area contributed by atoms with Crippen molar-refractivity contribution in [1.29, 1.82) is 0 Å². The highest BCUT2D eigenvalue weighted by molar-refractivity contribution is 7.96. The van der Waals surface area contributed by atoms with E-state index < -0.39 is 0 Å². The summed E-state index contributed by atoms with van der Waals surface area (Å²) < 4.78 is 17.4. The summed E-state index contributed by atoms with van der Waals surface area (Å²) in [6, 6.07) is 10.8. The lowest BCUT2D eigenvalue weighted by Crippen LogP contribution is -2.24. The van der Waals surface area contributed by atoms with Gasteiger partial charge in [-0.3, -0.25) is 0 Å². The standard InChI is InChI=1S/C19H17FN6S/c1-24-21-11-19(23-24)27-25-7-6-13-9-18-14(8-15(13)12-25)10-22-26(18)17-4-2-16(20)3-5-17/h2-5,8-11H,6-7,12H2,1H3. The molecule has 2 aromatic carbocycles. The van der Waals surface area contributed by atoms with E-state index in [4.69, 9.17) is 0 Å². The molecule has 6 nitrogen and oxygen atoms in total. The van der Waals surface area contributed by atoms with Crippen LogP contribution in [0.15, 0.2) is 53.8 Å². The Balaban J connectivity index is 1.45. The zero-order chi connectivity index (χ0) is 18.4. The average molecular weight is 380 g/mol. The molecular formula is C19H17FN6S. The summed E-state index contributed by atoms with van der Waals surface area (Å²) in [6.07, 6.45) is 4.62. The highest BCUT2D eigenvalue weighted by Gasteiger charge is 2.20. The number of nitrogens with zero attached hydrogens (tertiary/aromatic N) is 6. The molecule has 0 bridgehead atoms. The van der Waals surface area contributed by atoms with Gasteiger partial charge in [-0.05, 0) is 65.9 Å². The second-order valence-corrected chi connectivity index (χ2v) is 7.71. The van der Waals surface area contributed by atoms with Crippen LogP contribution in [0, 0.1) is 5.82 Å². The van der Waals surface area contributed by atoms with E-state index in [9.17, 15) is 4.39 Å². The number of benzene rings is 2. The Morgan fingerprint density at radius 3 is 2.67 bits per heavy atom.